The normalized spacial score (nSPS) is 11.7. The van der Waals surface area contributed by atoms with E-state index in [2.05, 4.69) is 179 Å². The number of hydrogen-bond donors (Lipinski definition) is 0. The lowest BCUT2D eigenvalue weighted by molar-refractivity contribution is 0.476. The largest absolute Gasteiger partial charge is 0.453 e. The van der Waals surface area contributed by atoms with Crippen molar-refractivity contribution in [1.29, 1.82) is 0 Å². The highest BCUT2D eigenvalue weighted by molar-refractivity contribution is 6.12. The highest BCUT2D eigenvalue weighted by atomic mass is 16.5. The van der Waals surface area contributed by atoms with Crippen molar-refractivity contribution in [3.8, 4) is 39.4 Å². The molecule has 0 atom stereocenters. The van der Waals surface area contributed by atoms with Gasteiger partial charge in [-0.15, -0.1) is 0 Å². The van der Waals surface area contributed by atoms with E-state index in [1.54, 1.807) is 0 Å². The van der Waals surface area contributed by atoms with Gasteiger partial charge in [0.05, 0.1) is 33.8 Å². The van der Waals surface area contributed by atoms with E-state index in [0.29, 0.717) is 0 Å². The summed E-state index contributed by atoms with van der Waals surface area (Å²) in [6.07, 6.45) is 0. The van der Waals surface area contributed by atoms with Crippen LogP contribution < -0.4 is 9.64 Å². The molecule has 0 fully saturated rings. The van der Waals surface area contributed by atoms with Gasteiger partial charge in [-0.05, 0) is 47.5 Å². The number of anilines is 3. The van der Waals surface area contributed by atoms with Crippen LogP contribution in [0.3, 0.4) is 0 Å². The van der Waals surface area contributed by atoms with E-state index in [0.717, 1.165) is 50.9 Å². The molecule has 1 aliphatic rings. The van der Waals surface area contributed by atoms with Gasteiger partial charge in [0.1, 0.15) is 0 Å². The topological polar surface area (TPSA) is 17.4 Å². The van der Waals surface area contributed by atoms with Crippen molar-refractivity contribution in [1.82, 2.24) is 4.57 Å². The number of rotatable bonds is 5. The first kappa shape index (κ1) is 25.4. The Labute approximate surface area is 261 Å². The molecule has 0 aliphatic carbocycles. The predicted molar refractivity (Wildman–Crippen MR) is 186 cm³/mol. The summed E-state index contributed by atoms with van der Waals surface area (Å²) in [7, 11) is 0. The number of fused-ring (bicyclic) bond motifs is 5. The number of aromatic nitrogens is 1. The molecule has 0 amide bonds. The van der Waals surface area contributed by atoms with Crippen LogP contribution in [-0.2, 0) is 0 Å². The lowest BCUT2D eigenvalue weighted by atomic mass is 9.99. The Morgan fingerprint density at radius 1 is 0.444 bits per heavy atom. The van der Waals surface area contributed by atoms with Crippen molar-refractivity contribution in [3.63, 3.8) is 0 Å². The smallest absolute Gasteiger partial charge is 0.153 e. The van der Waals surface area contributed by atoms with Gasteiger partial charge in [0.15, 0.2) is 11.5 Å². The molecule has 45 heavy (non-hydrogen) atoms. The van der Waals surface area contributed by atoms with Crippen molar-refractivity contribution in [2.24, 2.45) is 0 Å². The lowest BCUT2D eigenvalue weighted by Gasteiger charge is -2.31. The average Bonchev–Trinajstić information content (AvgIpc) is 3.45. The van der Waals surface area contributed by atoms with Gasteiger partial charge >= 0.3 is 0 Å². The molecule has 0 spiro atoms. The fraction of sp³-hybridized carbons (Fsp3) is 0. The third-order valence-corrected chi connectivity index (χ3v) is 8.78. The number of benzene rings is 7. The average molecular weight is 577 g/mol. The highest BCUT2D eigenvalue weighted by Gasteiger charge is 2.26. The first-order valence-corrected chi connectivity index (χ1v) is 15.3. The molecule has 1 aromatic heterocycles. The maximum absolute atomic E-state index is 6.72. The molecule has 0 saturated heterocycles. The Balaban J connectivity index is 1.30. The standard InChI is InChI=1S/C42H28N2O/c1-3-14-29(15-4-1)32-18-7-10-22-36(32)43(37-23-11-8-19-33(37)30-16-5-2-6-17-30)31-26-27-39-41(28-31)45-40-25-13-21-35-34-20-9-12-24-38(34)44(39)42(35)40/h1-28H. The van der Waals surface area contributed by atoms with Crippen LogP contribution in [0.2, 0.25) is 0 Å². The zero-order chi connectivity index (χ0) is 29.7. The minimum atomic E-state index is 0.827. The molecule has 0 unspecified atom stereocenters. The fourth-order valence-corrected chi connectivity index (χ4v) is 6.82. The van der Waals surface area contributed by atoms with Crippen molar-refractivity contribution < 1.29 is 4.74 Å². The van der Waals surface area contributed by atoms with Gasteiger partial charge in [0, 0.05) is 28.0 Å². The second kappa shape index (κ2) is 10.3. The minimum absolute atomic E-state index is 0.827. The van der Waals surface area contributed by atoms with Crippen LogP contribution in [0.15, 0.2) is 170 Å². The molecular weight excluding hydrogens is 548 g/mol. The summed E-state index contributed by atoms with van der Waals surface area (Å²) in [5, 5.41) is 2.43. The Kier molecular flexibility index (Phi) is 5.82. The van der Waals surface area contributed by atoms with Crippen molar-refractivity contribution in [2.75, 3.05) is 4.90 Å². The van der Waals surface area contributed by atoms with Crippen LogP contribution in [0.1, 0.15) is 0 Å². The summed E-state index contributed by atoms with van der Waals surface area (Å²) in [6.45, 7) is 0. The Bertz CT molecular complexity index is 2270. The van der Waals surface area contributed by atoms with Crippen LogP contribution in [-0.4, -0.2) is 4.57 Å². The molecule has 212 valence electrons. The van der Waals surface area contributed by atoms with Crippen LogP contribution in [0, 0.1) is 0 Å². The quantitative estimate of drug-likeness (QED) is 0.203. The van der Waals surface area contributed by atoms with Crippen molar-refractivity contribution >= 4 is 38.9 Å². The zero-order valence-corrected chi connectivity index (χ0v) is 24.5. The van der Waals surface area contributed by atoms with Gasteiger partial charge in [-0.2, -0.15) is 0 Å². The Morgan fingerprint density at radius 3 is 1.71 bits per heavy atom. The van der Waals surface area contributed by atoms with E-state index < -0.39 is 0 Å². The summed E-state index contributed by atoms with van der Waals surface area (Å²) in [4.78, 5) is 2.37. The summed E-state index contributed by atoms with van der Waals surface area (Å²) < 4.78 is 9.07. The first-order chi connectivity index (χ1) is 22.3. The number of hydrogen-bond acceptors (Lipinski definition) is 2. The van der Waals surface area contributed by atoms with E-state index >= 15 is 0 Å². The summed E-state index contributed by atoms with van der Waals surface area (Å²) in [6, 6.07) is 60.1. The van der Waals surface area contributed by atoms with Crippen LogP contribution in [0.5, 0.6) is 11.5 Å². The second-order valence-corrected chi connectivity index (χ2v) is 11.4. The van der Waals surface area contributed by atoms with Crippen LogP contribution in [0.25, 0.3) is 49.7 Å². The molecule has 3 heteroatoms. The molecule has 9 rings (SSSR count). The van der Waals surface area contributed by atoms with E-state index in [1.165, 1.54) is 27.4 Å². The molecule has 7 aromatic carbocycles. The fourth-order valence-electron chi connectivity index (χ4n) is 6.82. The maximum atomic E-state index is 6.72. The van der Waals surface area contributed by atoms with Crippen molar-refractivity contribution in [2.45, 2.75) is 0 Å². The highest BCUT2D eigenvalue weighted by Crippen LogP contribution is 2.49. The first-order valence-electron chi connectivity index (χ1n) is 15.3. The van der Waals surface area contributed by atoms with Gasteiger partial charge in [0.25, 0.3) is 0 Å². The Morgan fingerprint density at radius 2 is 1.02 bits per heavy atom. The summed E-state index contributed by atoms with van der Waals surface area (Å²) >= 11 is 0. The summed E-state index contributed by atoms with van der Waals surface area (Å²) in [5.74, 6) is 1.70. The van der Waals surface area contributed by atoms with Crippen molar-refractivity contribution in [3.05, 3.63) is 170 Å². The summed E-state index contributed by atoms with van der Waals surface area (Å²) in [5.41, 5.74) is 11.2. The van der Waals surface area contributed by atoms with E-state index in [-0.39, 0.29) is 0 Å². The molecule has 2 heterocycles. The predicted octanol–water partition coefficient (Wildman–Crippen LogP) is 11.7. The molecule has 8 aromatic rings. The minimum Gasteiger partial charge on any atom is -0.453 e. The van der Waals surface area contributed by atoms with Crippen LogP contribution >= 0.6 is 0 Å². The molecule has 1 aliphatic heterocycles. The van der Waals surface area contributed by atoms with Gasteiger partial charge in [0.2, 0.25) is 0 Å². The zero-order valence-electron chi connectivity index (χ0n) is 24.5. The number of nitrogens with zero attached hydrogens (tertiary/aromatic N) is 2. The number of para-hydroxylation sites is 4. The van der Waals surface area contributed by atoms with Gasteiger partial charge in [-0.25, -0.2) is 0 Å². The van der Waals surface area contributed by atoms with Gasteiger partial charge < -0.3 is 14.2 Å². The molecule has 0 bridgehead atoms. The maximum Gasteiger partial charge on any atom is 0.153 e. The third kappa shape index (κ3) is 4.05. The van der Waals surface area contributed by atoms with Gasteiger partial charge in [-0.3, -0.25) is 0 Å². The molecular formula is C42H28N2O. The van der Waals surface area contributed by atoms with Gasteiger partial charge in [-0.1, -0.05) is 127 Å². The number of ether oxygens (including phenoxy) is 1. The lowest BCUT2D eigenvalue weighted by Crippen LogP contribution is -2.13. The second-order valence-electron chi connectivity index (χ2n) is 11.4. The molecule has 0 saturated carbocycles. The Hall–Kier alpha value is -6.06. The molecule has 0 radical (unpaired) electrons. The van der Waals surface area contributed by atoms with E-state index in [1.807, 2.05) is 0 Å². The van der Waals surface area contributed by atoms with Crippen LogP contribution in [0.4, 0.5) is 17.1 Å². The molecule has 3 nitrogen and oxygen atoms in total. The third-order valence-electron chi connectivity index (χ3n) is 8.78. The molecule has 0 N–H and O–H groups in total. The SMILES string of the molecule is c1ccc(-c2ccccc2N(c2ccc3c(c2)Oc2cccc4c5ccccc5n-3c24)c2ccccc2-c2ccccc2)cc1. The van der Waals surface area contributed by atoms with E-state index in [9.17, 15) is 0 Å². The monoisotopic (exact) mass is 576 g/mol. The van der Waals surface area contributed by atoms with E-state index in [4.69, 9.17) is 4.74 Å².